The molecule has 0 aromatic rings. The van der Waals surface area contributed by atoms with Crippen LogP contribution in [0.5, 0.6) is 0 Å². The fourth-order valence-corrected chi connectivity index (χ4v) is 0.505. The molecule has 0 aliphatic heterocycles. The number of hydrogen-bond acceptors (Lipinski definition) is 5. The van der Waals surface area contributed by atoms with Gasteiger partial charge < -0.3 is 25.2 Å². The molecule has 0 fully saturated rings. The lowest BCUT2D eigenvalue weighted by Crippen LogP contribution is -2.07. The second-order valence-corrected chi connectivity index (χ2v) is 2.89. The smallest absolute Gasteiger partial charge is 0.305 e. The van der Waals surface area contributed by atoms with E-state index in [1.807, 2.05) is 6.79 Å². The summed E-state index contributed by atoms with van der Waals surface area (Å²) >= 11 is 0. The van der Waals surface area contributed by atoms with Gasteiger partial charge in [-0.15, -0.1) is 0 Å². The quantitative estimate of drug-likeness (QED) is 0.519. The van der Waals surface area contributed by atoms with Gasteiger partial charge in [0.1, 0.15) is 6.79 Å². The molecule has 0 aliphatic carbocycles. The maximum Gasteiger partial charge on any atom is 0.305 e. The van der Waals surface area contributed by atoms with Crippen molar-refractivity contribution in [3.63, 3.8) is 0 Å². The highest BCUT2D eigenvalue weighted by Gasteiger charge is 2.00. The Labute approximate surface area is 93.3 Å². The maximum absolute atomic E-state index is 9.65. The molecule has 0 spiro atoms. The normalized spacial score (nSPS) is 12.0. The zero-order valence-corrected chi connectivity index (χ0v) is 9.29. The first-order chi connectivity index (χ1) is 7.25. The standard InChI is InChI=1S/2C4H8O3.CH2O/c2*1-3(5)2-4(6)7;1-2/h2*3,5H,2H2,1H3,(H,6,7);1H2. The van der Waals surface area contributed by atoms with E-state index in [-0.39, 0.29) is 12.8 Å². The molecular weight excluding hydrogens is 220 g/mol. The molecule has 2 unspecified atom stereocenters. The predicted molar refractivity (Wildman–Crippen MR) is 55.0 cm³/mol. The van der Waals surface area contributed by atoms with Crippen molar-refractivity contribution in [2.75, 3.05) is 0 Å². The summed E-state index contributed by atoms with van der Waals surface area (Å²) in [5, 5.41) is 32.5. The van der Waals surface area contributed by atoms with Crippen molar-refractivity contribution in [3.05, 3.63) is 0 Å². The number of carboxylic acids is 2. The van der Waals surface area contributed by atoms with Crippen LogP contribution in [0.4, 0.5) is 0 Å². The monoisotopic (exact) mass is 238 g/mol. The highest BCUT2D eigenvalue weighted by atomic mass is 16.4. The summed E-state index contributed by atoms with van der Waals surface area (Å²) in [6, 6.07) is 0. The van der Waals surface area contributed by atoms with Crippen molar-refractivity contribution >= 4 is 18.7 Å². The summed E-state index contributed by atoms with van der Waals surface area (Å²) in [6.45, 7) is 4.88. The Morgan fingerprint density at radius 2 is 1.12 bits per heavy atom. The zero-order chi connectivity index (χ0) is 13.7. The second-order valence-electron chi connectivity index (χ2n) is 2.89. The highest BCUT2D eigenvalue weighted by molar-refractivity contribution is 5.67. The molecule has 2 atom stereocenters. The van der Waals surface area contributed by atoms with Gasteiger partial charge in [-0.25, -0.2) is 0 Å². The lowest BCUT2D eigenvalue weighted by Gasteiger charge is -1.94. The maximum atomic E-state index is 9.65. The zero-order valence-electron chi connectivity index (χ0n) is 9.29. The van der Waals surface area contributed by atoms with Crippen LogP contribution in [0.25, 0.3) is 0 Å². The molecule has 0 radical (unpaired) electrons. The van der Waals surface area contributed by atoms with Crippen LogP contribution < -0.4 is 0 Å². The lowest BCUT2D eigenvalue weighted by molar-refractivity contribution is -0.140. The number of carbonyl (C=O) groups is 3. The number of carboxylic acid groups (broad SMARTS) is 2. The Morgan fingerprint density at radius 3 is 1.12 bits per heavy atom. The number of carbonyl (C=O) groups excluding carboxylic acids is 1. The second kappa shape index (κ2) is 13.5. The van der Waals surface area contributed by atoms with E-state index in [0.717, 1.165) is 0 Å². The van der Waals surface area contributed by atoms with Gasteiger partial charge in [-0.3, -0.25) is 9.59 Å². The first-order valence-corrected chi connectivity index (χ1v) is 4.34. The molecule has 0 rings (SSSR count). The number of aliphatic hydroxyl groups is 2. The molecule has 0 saturated carbocycles. The first kappa shape index (κ1) is 20.0. The third kappa shape index (κ3) is 39.1. The van der Waals surface area contributed by atoms with Crippen LogP contribution in [0.15, 0.2) is 0 Å². The van der Waals surface area contributed by atoms with Crippen LogP contribution in [0.1, 0.15) is 26.7 Å². The van der Waals surface area contributed by atoms with Crippen LogP contribution in [0, 0.1) is 0 Å². The fourth-order valence-electron chi connectivity index (χ4n) is 0.505. The summed E-state index contributed by atoms with van der Waals surface area (Å²) in [4.78, 5) is 27.3. The van der Waals surface area contributed by atoms with Gasteiger partial charge in [0.25, 0.3) is 0 Å². The van der Waals surface area contributed by atoms with E-state index < -0.39 is 24.1 Å². The molecule has 0 saturated heterocycles. The van der Waals surface area contributed by atoms with E-state index in [1.165, 1.54) is 13.8 Å². The van der Waals surface area contributed by atoms with Gasteiger partial charge in [0.15, 0.2) is 0 Å². The number of hydrogen-bond donors (Lipinski definition) is 4. The topological polar surface area (TPSA) is 132 Å². The van der Waals surface area contributed by atoms with Gasteiger partial charge in [0.2, 0.25) is 0 Å². The van der Waals surface area contributed by atoms with Gasteiger partial charge in [-0.1, -0.05) is 0 Å². The third-order valence-corrected chi connectivity index (χ3v) is 0.940. The van der Waals surface area contributed by atoms with Crippen LogP contribution in [-0.2, 0) is 14.4 Å². The minimum absolute atomic E-state index is 0.167. The molecule has 96 valence electrons. The minimum atomic E-state index is -0.963. The van der Waals surface area contributed by atoms with Crippen molar-refractivity contribution in [1.82, 2.24) is 0 Å². The van der Waals surface area contributed by atoms with Crippen molar-refractivity contribution in [1.29, 1.82) is 0 Å². The van der Waals surface area contributed by atoms with Crippen molar-refractivity contribution in [2.45, 2.75) is 38.9 Å². The molecule has 0 amide bonds. The fraction of sp³-hybridized carbons (Fsp3) is 0.667. The van der Waals surface area contributed by atoms with E-state index in [2.05, 4.69) is 0 Å². The summed E-state index contributed by atoms with van der Waals surface area (Å²) in [7, 11) is 0. The van der Waals surface area contributed by atoms with E-state index in [4.69, 9.17) is 25.2 Å². The average Bonchev–Trinajstić information content (AvgIpc) is 2.03. The van der Waals surface area contributed by atoms with Crippen LogP contribution in [0.3, 0.4) is 0 Å². The SMILES string of the molecule is C=O.CC(O)CC(=O)O.CC(O)CC(=O)O. The van der Waals surface area contributed by atoms with Crippen LogP contribution >= 0.6 is 0 Å². The molecule has 7 nitrogen and oxygen atoms in total. The van der Waals surface area contributed by atoms with Crippen LogP contribution in [0.2, 0.25) is 0 Å². The Kier molecular flexibility index (Phi) is 16.9. The van der Waals surface area contributed by atoms with E-state index in [1.54, 1.807) is 0 Å². The number of aliphatic hydroxyl groups excluding tert-OH is 2. The van der Waals surface area contributed by atoms with E-state index in [9.17, 15) is 9.59 Å². The van der Waals surface area contributed by atoms with Crippen molar-refractivity contribution in [3.8, 4) is 0 Å². The van der Waals surface area contributed by atoms with Gasteiger partial charge in [0.05, 0.1) is 25.0 Å². The Bertz CT molecular complexity index is 168. The summed E-state index contributed by atoms with van der Waals surface area (Å²) in [5.41, 5.74) is 0. The van der Waals surface area contributed by atoms with E-state index >= 15 is 0 Å². The third-order valence-electron chi connectivity index (χ3n) is 0.940. The Morgan fingerprint density at radius 1 is 0.938 bits per heavy atom. The number of rotatable bonds is 4. The van der Waals surface area contributed by atoms with E-state index in [0.29, 0.717) is 0 Å². The molecule has 0 aliphatic rings. The van der Waals surface area contributed by atoms with Crippen LogP contribution in [-0.4, -0.2) is 51.4 Å². The molecule has 0 aromatic carbocycles. The molecule has 0 bridgehead atoms. The lowest BCUT2D eigenvalue weighted by atomic mass is 10.3. The molecule has 16 heavy (non-hydrogen) atoms. The summed E-state index contributed by atoms with van der Waals surface area (Å²) in [6.07, 6.45) is -1.78. The van der Waals surface area contributed by atoms with Crippen molar-refractivity contribution < 1.29 is 34.8 Å². The molecule has 0 heterocycles. The Hall–Kier alpha value is -1.47. The molecule has 7 heteroatoms. The summed E-state index contributed by atoms with van der Waals surface area (Å²) in [5.74, 6) is -1.93. The highest BCUT2D eigenvalue weighted by Crippen LogP contribution is 1.86. The number of aliphatic carboxylic acids is 2. The average molecular weight is 238 g/mol. The molecule has 4 N–H and O–H groups in total. The van der Waals surface area contributed by atoms with Crippen molar-refractivity contribution in [2.24, 2.45) is 0 Å². The van der Waals surface area contributed by atoms with Gasteiger partial charge in [-0.05, 0) is 13.8 Å². The summed E-state index contributed by atoms with van der Waals surface area (Å²) < 4.78 is 0. The first-order valence-electron chi connectivity index (χ1n) is 4.34. The van der Waals surface area contributed by atoms with Gasteiger partial charge >= 0.3 is 11.9 Å². The Balaban J connectivity index is -0.000000183. The van der Waals surface area contributed by atoms with Gasteiger partial charge in [-0.2, -0.15) is 0 Å². The predicted octanol–water partition coefficient (Wildman–Crippen LogP) is -0.501. The molecular formula is C9H18O7. The van der Waals surface area contributed by atoms with Gasteiger partial charge in [0, 0.05) is 0 Å². The minimum Gasteiger partial charge on any atom is -0.481 e. The largest absolute Gasteiger partial charge is 0.481 e. The molecule has 0 aromatic heterocycles.